The molecule has 0 aliphatic carbocycles. The maximum atomic E-state index is 11.3. The van der Waals surface area contributed by atoms with Crippen molar-refractivity contribution in [2.45, 2.75) is 6.92 Å². The van der Waals surface area contributed by atoms with Gasteiger partial charge in [-0.1, -0.05) is 0 Å². The molecule has 18 heavy (non-hydrogen) atoms. The lowest BCUT2D eigenvalue weighted by molar-refractivity contribution is -0.118. The molecule has 2 aromatic rings. The van der Waals surface area contributed by atoms with E-state index in [2.05, 4.69) is 10.3 Å². The van der Waals surface area contributed by atoms with Gasteiger partial charge in [0.2, 0.25) is 0 Å². The Morgan fingerprint density at radius 2 is 2.28 bits per heavy atom. The van der Waals surface area contributed by atoms with E-state index in [-0.39, 0.29) is 18.5 Å². The molecule has 0 fully saturated rings. The van der Waals surface area contributed by atoms with E-state index in [1.54, 1.807) is 12.1 Å². The number of ether oxygens (including phenoxy) is 1. The van der Waals surface area contributed by atoms with Crippen molar-refractivity contribution in [2.24, 2.45) is 0 Å². The fourth-order valence-electron chi connectivity index (χ4n) is 1.91. The zero-order valence-electron chi connectivity index (χ0n) is 9.69. The molecular formula is C12H11N3O3. The van der Waals surface area contributed by atoms with E-state index in [4.69, 9.17) is 14.9 Å². The zero-order chi connectivity index (χ0) is 12.7. The molecule has 6 nitrogen and oxygen atoms in total. The number of fused-ring (bicyclic) bond motifs is 1. The summed E-state index contributed by atoms with van der Waals surface area (Å²) in [6, 6.07) is 5.52. The molecule has 3 rings (SSSR count). The van der Waals surface area contributed by atoms with Crippen molar-refractivity contribution in [3.63, 3.8) is 0 Å². The predicted octanol–water partition coefficient (Wildman–Crippen LogP) is 1.56. The van der Waals surface area contributed by atoms with Crippen molar-refractivity contribution < 1.29 is 13.9 Å². The third kappa shape index (κ3) is 1.67. The van der Waals surface area contributed by atoms with Gasteiger partial charge >= 0.3 is 0 Å². The topological polar surface area (TPSA) is 90.4 Å². The second kappa shape index (κ2) is 3.76. The van der Waals surface area contributed by atoms with Crippen molar-refractivity contribution in [1.82, 2.24) is 4.98 Å². The van der Waals surface area contributed by atoms with Crippen molar-refractivity contribution >= 4 is 17.6 Å². The highest BCUT2D eigenvalue weighted by molar-refractivity contribution is 5.96. The Kier molecular flexibility index (Phi) is 2.22. The number of aryl methyl sites for hydroxylation is 1. The largest absolute Gasteiger partial charge is 0.482 e. The summed E-state index contributed by atoms with van der Waals surface area (Å²) in [5.41, 5.74) is 7.62. The van der Waals surface area contributed by atoms with Crippen LogP contribution >= 0.6 is 0 Å². The Morgan fingerprint density at radius 1 is 1.44 bits per heavy atom. The van der Waals surface area contributed by atoms with Gasteiger partial charge in [-0.05, 0) is 25.1 Å². The summed E-state index contributed by atoms with van der Waals surface area (Å²) < 4.78 is 10.6. The third-order valence-electron chi connectivity index (χ3n) is 2.69. The van der Waals surface area contributed by atoms with Crippen LogP contribution in [-0.4, -0.2) is 17.5 Å². The van der Waals surface area contributed by atoms with E-state index < -0.39 is 0 Å². The molecule has 1 amide bonds. The van der Waals surface area contributed by atoms with Gasteiger partial charge in [-0.2, -0.15) is 4.98 Å². The van der Waals surface area contributed by atoms with Crippen molar-refractivity contribution in [3.8, 4) is 17.1 Å². The van der Waals surface area contributed by atoms with E-state index in [0.29, 0.717) is 22.9 Å². The summed E-state index contributed by atoms with van der Waals surface area (Å²) >= 11 is 0. The lowest BCUT2D eigenvalue weighted by Crippen LogP contribution is -2.25. The molecule has 1 aromatic heterocycles. The van der Waals surface area contributed by atoms with Crippen LogP contribution in [0.25, 0.3) is 11.3 Å². The van der Waals surface area contributed by atoms with Crippen LogP contribution in [-0.2, 0) is 4.79 Å². The van der Waals surface area contributed by atoms with Gasteiger partial charge in [-0.15, -0.1) is 0 Å². The number of rotatable bonds is 1. The predicted molar refractivity (Wildman–Crippen MR) is 65.2 cm³/mol. The molecular weight excluding hydrogens is 234 g/mol. The van der Waals surface area contributed by atoms with Crippen molar-refractivity contribution in [2.75, 3.05) is 17.7 Å². The van der Waals surface area contributed by atoms with E-state index in [1.165, 1.54) is 0 Å². The molecule has 6 heteroatoms. The second-order valence-electron chi connectivity index (χ2n) is 4.01. The third-order valence-corrected chi connectivity index (χ3v) is 2.69. The molecule has 2 heterocycles. The number of anilines is 2. The SMILES string of the molecule is Cc1nc(N)oc1-c1ccc2c(c1)NC(=O)CO2. The van der Waals surface area contributed by atoms with Gasteiger partial charge in [0.25, 0.3) is 11.9 Å². The number of nitrogens with one attached hydrogen (secondary N) is 1. The second-order valence-corrected chi connectivity index (χ2v) is 4.01. The van der Waals surface area contributed by atoms with Gasteiger partial charge in [0.1, 0.15) is 5.75 Å². The summed E-state index contributed by atoms with van der Waals surface area (Å²) in [4.78, 5) is 15.3. The monoisotopic (exact) mass is 245 g/mol. The minimum atomic E-state index is -0.173. The van der Waals surface area contributed by atoms with Gasteiger partial charge < -0.3 is 20.2 Å². The number of carbonyl (C=O) groups is 1. The highest BCUT2D eigenvalue weighted by Crippen LogP contribution is 2.34. The number of aromatic nitrogens is 1. The highest BCUT2D eigenvalue weighted by atomic mass is 16.5. The first-order valence-corrected chi connectivity index (χ1v) is 5.43. The number of hydrogen-bond donors (Lipinski definition) is 2. The minimum Gasteiger partial charge on any atom is -0.482 e. The molecule has 0 atom stereocenters. The fraction of sp³-hybridized carbons (Fsp3) is 0.167. The Balaban J connectivity index is 2.07. The summed E-state index contributed by atoms with van der Waals surface area (Å²) in [7, 11) is 0. The van der Waals surface area contributed by atoms with Crippen LogP contribution in [0.2, 0.25) is 0 Å². The molecule has 0 radical (unpaired) electrons. The maximum Gasteiger partial charge on any atom is 0.292 e. The van der Waals surface area contributed by atoms with Gasteiger partial charge in [-0.3, -0.25) is 4.79 Å². The van der Waals surface area contributed by atoms with Crippen molar-refractivity contribution in [1.29, 1.82) is 0 Å². The first-order valence-electron chi connectivity index (χ1n) is 5.43. The molecule has 1 aromatic carbocycles. The van der Waals surface area contributed by atoms with Crippen LogP contribution in [0.4, 0.5) is 11.7 Å². The number of amides is 1. The lowest BCUT2D eigenvalue weighted by Gasteiger charge is -2.18. The number of nitrogen functional groups attached to an aromatic ring is 1. The van der Waals surface area contributed by atoms with Gasteiger partial charge in [-0.25, -0.2) is 0 Å². The van der Waals surface area contributed by atoms with Crippen LogP contribution in [0.5, 0.6) is 5.75 Å². The molecule has 0 bridgehead atoms. The Hall–Kier alpha value is -2.50. The van der Waals surface area contributed by atoms with Gasteiger partial charge in [0.05, 0.1) is 11.4 Å². The summed E-state index contributed by atoms with van der Waals surface area (Å²) in [5, 5.41) is 2.74. The number of oxazole rings is 1. The molecule has 92 valence electrons. The summed E-state index contributed by atoms with van der Waals surface area (Å²) in [6.07, 6.45) is 0. The summed E-state index contributed by atoms with van der Waals surface area (Å²) in [6.45, 7) is 1.85. The maximum absolute atomic E-state index is 11.3. The average molecular weight is 245 g/mol. The first kappa shape index (κ1) is 10.6. The summed E-state index contributed by atoms with van der Waals surface area (Å²) in [5.74, 6) is 1.06. The van der Waals surface area contributed by atoms with E-state index in [1.807, 2.05) is 13.0 Å². The van der Waals surface area contributed by atoms with Crippen molar-refractivity contribution in [3.05, 3.63) is 23.9 Å². The zero-order valence-corrected chi connectivity index (χ0v) is 9.69. The smallest absolute Gasteiger partial charge is 0.292 e. The standard InChI is InChI=1S/C12H11N3O3/c1-6-11(18-12(13)14-6)7-2-3-9-8(4-7)15-10(16)5-17-9/h2-4H,5H2,1H3,(H2,13,14)(H,15,16). The van der Waals surface area contributed by atoms with Gasteiger partial charge in [0.15, 0.2) is 12.4 Å². The van der Waals surface area contributed by atoms with Crippen LogP contribution < -0.4 is 15.8 Å². The Labute approximate surface area is 103 Å². The number of carbonyl (C=O) groups excluding carboxylic acids is 1. The molecule has 0 unspecified atom stereocenters. The minimum absolute atomic E-state index is 0.0423. The number of benzene rings is 1. The molecule has 0 spiro atoms. The molecule has 1 aliphatic rings. The van der Waals surface area contributed by atoms with Gasteiger partial charge in [0, 0.05) is 5.56 Å². The molecule has 0 saturated heterocycles. The van der Waals surface area contributed by atoms with Crippen LogP contribution in [0.1, 0.15) is 5.69 Å². The van der Waals surface area contributed by atoms with Crippen LogP contribution in [0, 0.1) is 6.92 Å². The van der Waals surface area contributed by atoms with Crippen LogP contribution in [0.3, 0.4) is 0 Å². The fourth-order valence-corrected chi connectivity index (χ4v) is 1.91. The van der Waals surface area contributed by atoms with Crippen LogP contribution in [0.15, 0.2) is 22.6 Å². The lowest BCUT2D eigenvalue weighted by atomic mass is 10.1. The Morgan fingerprint density at radius 3 is 3.00 bits per heavy atom. The normalized spacial score (nSPS) is 13.7. The first-order chi connectivity index (χ1) is 8.63. The Bertz CT molecular complexity index is 633. The van der Waals surface area contributed by atoms with E-state index in [0.717, 1.165) is 5.56 Å². The number of nitrogens with two attached hydrogens (primary N) is 1. The molecule has 3 N–H and O–H groups in total. The van der Waals surface area contributed by atoms with E-state index in [9.17, 15) is 4.79 Å². The quantitative estimate of drug-likeness (QED) is 0.795. The number of hydrogen-bond acceptors (Lipinski definition) is 5. The highest BCUT2D eigenvalue weighted by Gasteiger charge is 2.18. The molecule has 0 saturated carbocycles. The van der Waals surface area contributed by atoms with E-state index >= 15 is 0 Å². The average Bonchev–Trinajstić information content (AvgIpc) is 2.67. The number of nitrogens with zero attached hydrogens (tertiary/aromatic N) is 1. The molecule has 1 aliphatic heterocycles.